The molecule has 0 saturated heterocycles. The molecule has 0 saturated carbocycles. The monoisotopic (exact) mass is 275 g/mol. The van der Waals surface area contributed by atoms with Crippen LogP contribution in [0.1, 0.15) is 11.1 Å². The van der Waals surface area contributed by atoms with Gasteiger partial charge in [0.15, 0.2) is 0 Å². The molecule has 0 amide bonds. The highest BCUT2D eigenvalue weighted by atomic mass is 16.5. The molecule has 3 aromatic rings. The Morgan fingerprint density at radius 2 is 2.14 bits per heavy atom. The molecule has 21 heavy (non-hydrogen) atoms. The van der Waals surface area contributed by atoms with Crippen LogP contribution in [0.25, 0.3) is 22.4 Å². The van der Waals surface area contributed by atoms with Gasteiger partial charge in [-0.2, -0.15) is 5.26 Å². The Bertz CT molecular complexity index is 902. The molecule has 0 bridgehead atoms. The van der Waals surface area contributed by atoms with Crippen molar-refractivity contribution < 1.29 is 4.74 Å². The summed E-state index contributed by atoms with van der Waals surface area (Å²) in [5, 5.41) is 9.02. The Hall–Kier alpha value is -2.80. The van der Waals surface area contributed by atoms with E-state index in [4.69, 9.17) is 15.0 Å². The zero-order valence-corrected chi connectivity index (χ0v) is 11.6. The summed E-state index contributed by atoms with van der Waals surface area (Å²) in [4.78, 5) is 4.70. The quantitative estimate of drug-likeness (QED) is 0.686. The SMILES string of the molecule is Cn1c(-c2ccc3c(c2)CCO3)nc2ccc(C#N)cc21. The van der Waals surface area contributed by atoms with Crippen LogP contribution >= 0.6 is 0 Å². The van der Waals surface area contributed by atoms with Crippen LogP contribution in [0, 0.1) is 11.3 Å². The smallest absolute Gasteiger partial charge is 0.140 e. The van der Waals surface area contributed by atoms with Crippen LogP contribution in [-0.2, 0) is 13.5 Å². The van der Waals surface area contributed by atoms with E-state index in [-0.39, 0.29) is 0 Å². The minimum absolute atomic E-state index is 0.652. The summed E-state index contributed by atoms with van der Waals surface area (Å²) in [6, 6.07) is 13.9. The highest BCUT2D eigenvalue weighted by Crippen LogP contribution is 2.31. The average Bonchev–Trinajstić information content (AvgIpc) is 3.11. The Morgan fingerprint density at radius 3 is 3.00 bits per heavy atom. The van der Waals surface area contributed by atoms with E-state index in [1.807, 2.05) is 35.9 Å². The third kappa shape index (κ3) is 1.78. The normalized spacial score (nSPS) is 13.0. The zero-order chi connectivity index (χ0) is 14.4. The number of rotatable bonds is 1. The van der Waals surface area contributed by atoms with Crippen molar-refractivity contribution in [1.29, 1.82) is 5.26 Å². The molecule has 0 unspecified atom stereocenters. The van der Waals surface area contributed by atoms with Crippen molar-refractivity contribution in [3.63, 3.8) is 0 Å². The van der Waals surface area contributed by atoms with E-state index < -0.39 is 0 Å². The predicted molar refractivity (Wildman–Crippen MR) is 80.1 cm³/mol. The molecule has 0 radical (unpaired) electrons. The van der Waals surface area contributed by atoms with Crippen molar-refractivity contribution in [1.82, 2.24) is 9.55 Å². The van der Waals surface area contributed by atoms with Gasteiger partial charge in [-0.1, -0.05) is 0 Å². The second kappa shape index (κ2) is 4.35. The van der Waals surface area contributed by atoms with Gasteiger partial charge in [0, 0.05) is 19.0 Å². The molecular weight excluding hydrogens is 262 g/mol. The second-order valence-electron chi connectivity index (χ2n) is 5.23. The van der Waals surface area contributed by atoms with Gasteiger partial charge >= 0.3 is 0 Å². The Kier molecular flexibility index (Phi) is 2.48. The van der Waals surface area contributed by atoms with Crippen LogP contribution in [0.3, 0.4) is 0 Å². The lowest BCUT2D eigenvalue weighted by Gasteiger charge is -2.05. The van der Waals surface area contributed by atoms with Crippen molar-refractivity contribution in [3.05, 3.63) is 47.5 Å². The minimum Gasteiger partial charge on any atom is -0.493 e. The minimum atomic E-state index is 0.652. The van der Waals surface area contributed by atoms with Crippen LogP contribution in [0.2, 0.25) is 0 Å². The van der Waals surface area contributed by atoms with Crippen molar-refractivity contribution in [3.8, 4) is 23.2 Å². The Morgan fingerprint density at radius 1 is 1.24 bits per heavy atom. The molecule has 2 heterocycles. The number of fused-ring (bicyclic) bond motifs is 2. The maximum atomic E-state index is 9.02. The first-order valence-corrected chi connectivity index (χ1v) is 6.89. The summed E-state index contributed by atoms with van der Waals surface area (Å²) in [6.07, 6.45) is 0.950. The number of imidazole rings is 1. The van der Waals surface area contributed by atoms with Crippen LogP contribution in [-0.4, -0.2) is 16.2 Å². The predicted octanol–water partition coefficient (Wildman–Crippen LogP) is 3.05. The van der Waals surface area contributed by atoms with Gasteiger partial charge in [-0.15, -0.1) is 0 Å². The number of aromatic nitrogens is 2. The zero-order valence-electron chi connectivity index (χ0n) is 11.6. The van der Waals surface area contributed by atoms with Gasteiger partial charge < -0.3 is 9.30 Å². The fraction of sp³-hybridized carbons (Fsp3) is 0.176. The van der Waals surface area contributed by atoms with Gasteiger partial charge in [0.2, 0.25) is 0 Å². The molecule has 102 valence electrons. The van der Waals surface area contributed by atoms with E-state index in [1.165, 1.54) is 5.56 Å². The molecule has 4 heteroatoms. The molecule has 1 aliphatic rings. The lowest BCUT2D eigenvalue weighted by Crippen LogP contribution is -1.93. The van der Waals surface area contributed by atoms with Crippen molar-refractivity contribution in [2.75, 3.05) is 6.61 Å². The maximum absolute atomic E-state index is 9.02. The number of nitriles is 1. The summed E-state index contributed by atoms with van der Waals surface area (Å²) < 4.78 is 7.58. The summed E-state index contributed by atoms with van der Waals surface area (Å²) in [6.45, 7) is 0.757. The fourth-order valence-electron chi connectivity index (χ4n) is 2.84. The summed E-state index contributed by atoms with van der Waals surface area (Å²) >= 11 is 0. The first-order valence-electron chi connectivity index (χ1n) is 6.89. The van der Waals surface area contributed by atoms with E-state index in [9.17, 15) is 0 Å². The van der Waals surface area contributed by atoms with Gasteiger partial charge in [-0.05, 0) is 42.0 Å². The number of hydrogen-bond donors (Lipinski definition) is 0. The summed E-state index contributed by atoms with van der Waals surface area (Å²) in [7, 11) is 1.98. The average molecular weight is 275 g/mol. The summed E-state index contributed by atoms with van der Waals surface area (Å²) in [5.74, 6) is 1.89. The number of ether oxygens (including phenoxy) is 1. The summed E-state index contributed by atoms with van der Waals surface area (Å²) in [5.41, 5.74) is 4.84. The first kappa shape index (κ1) is 12.0. The molecule has 0 spiro atoms. The molecule has 0 aliphatic carbocycles. The third-order valence-electron chi connectivity index (χ3n) is 3.96. The Labute approximate surface area is 122 Å². The van der Waals surface area contributed by atoms with Crippen LogP contribution in [0.5, 0.6) is 5.75 Å². The molecular formula is C17H13N3O. The standard InChI is InChI=1S/C17H13N3O/c1-20-15-8-11(10-18)2-4-14(15)19-17(20)13-3-5-16-12(9-13)6-7-21-16/h2-5,8-9H,6-7H2,1H3. The van der Waals surface area contributed by atoms with Gasteiger partial charge in [0.05, 0.1) is 29.3 Å². The molecule has 1 aromatic heterocycles. The van der Waals surface area contributed by atoms with Crippen LogP contribution in [0.15, 0.2) is 36.4 Å². The molecule has 4 nitrogen and oxygen atoms in total. The topological polar surface area (TPSA) is 50.8 Å². The van der Waals surface area contributed by atoms with E-state index >= 15 is 0 Å². The van der Waals surface area contributed by atoms with Crippen molar-refractivity contribution >= 4 is 11.0 Å². The Balaban J connectivity index is 1.91. The van der Waals surface area contributed by atoms with Gasteiger partial charge in [0.25, 0.3) is 0 Å². The first-order chi connectivity index (χ1) is 10.3. The van der Waals surface area contributed by atoms with E-state index in [2.05, 4.69) is 12.1 Å². The van der Waals surface area contributed by atoms with E-state index in [1.54, 1.807) is 6.07 Å². The highest BCUT2D eigenvalue weighted by molar-refractivity contribution is 5.82. The number of benzene rings is 2. The van der Waals surface area contributed by atoms with Gasteiger partial charge in [-0.3, -0.25) is 0 Å². The molecule has 1 aliphatic heterocycles. The third-order valence-corrected chi connectivity index (χ3v) is 3.96. The second-order valence-corrected chi connectivity index (χ2v) is 5.23. The van der Waals surface area contributed by atoms with Crippen molar-refractivity contribution in [2.45, 2.75) is 6.42 Å². The van der Waals surface area contributed by atoms with Gasteiger partial charge in [0.1, 0.15) is 11.6 Å². The molecule has 4 rings (SSSR count). The van der Waals surface area contributed by atoms with E-state index in [0.717, 1.165) is 41.2 Å². The molecule has 0 N–H and O–H groups in total. The van der Waals surface area contributed by atoms with Crippen LogP contribution in [0.4, 0.5) is 0 Å². The van der Waals surface area contributed by atoms with Gasteiger partial charge in [-0.25, -0.2) is 4.98 Å². The molecule has 0 atom stereocenters. The fourth-order valence-corrected chi connectivity index (χ4v) is 2.84. The maximum Gasteiger partial charge on any atom is 0.140 e. The lowest BCUT2D eigenvalue weighted by atomic mass is 10.1. The lowest BCUT2D eigenvalue weighted by molar-refractivity contribution is 0.357. The molecule has 0 fully saturated rings. The van der Waals surface area contributed by atoms with E-state index in [0.29, 0.717) is 5.56 Å². The van der Waals surface area contributed by atoms with Crippen molar-refractivity contribution in [2.24, 2.45) is 7.05 Å². The highest BCUT2D eigenvalue weighted by Gasteiger charge is 2.16. The number of aryl methyl sites for hydroxylation is 1. The number of nitrogens with zero attached hydrogens (tertiary/aromatic N) is 3. The number of hydrogen-bond acceptors (Lipinski definition) is 3. The molecule has 2 aromatic carbocycles. The van der Waals surface area contributed by atoms with Crippen LogP contribution < -0.4 is 4.74 Å². The largest absolute Gasteiger partial charge is 0.493 e.